The molecule has 0 unspecified atom stereocenters. The van der Waals surface area contributed by atoms with Gasteiger partial charge in [0, 0.05) is 35.7 Å². The number of aryl methyl sites for hydroxylation is 1. The van der Waals surface area contributed by atoms with Gasteiger partial charge in [0.15, 0.2) is 11.7 Å². The van der Waals surface area contributed by atoms with E-state index in [4.69, 9.17) is 4.42 Å². The number of aromatic nitrogens is 1. The average molecular weight is 375 g/mol. The molecule has 1 aromatic heterocycles. The first-order valence-corrected chi connectivity index (χ1v) is 9.38. The first kappa shape index (κ1) is 18.0. The Morgan fingerprint density at radius 1 is 1.00 bits per heavy atom. The number of rotatable bonds is 7. The first-order valence-electron chi connectivity index (χ1n) is 9.38. The number of carbonyl (C=O) groups is 2. The van der Waals surface area contributed by atoms with Gasteiger partial charge in [-0.3, -0.25) is 9.59 Å². The van der Waals surface area contributed by atoms with E-state index in [9.17, 15) is 9.59 Å². The average Bonchev–Trinajstić information content (AvgIpc) is 3.46. The van der Waals surface area contributed by atoms with Crippen LogP contribution in [0.5, 0.6) is 0 Å². The van der Waals surface area contributed by atoms with Crippen LogP contribution in [-0.2, 0) is 16.0 Å². The lowest BCUT2D eigenvalue weighted by molar-refractivity contribution is -0.117. The van der Waals surface area contributed by atoms with E-state index in [1.54, 1.807) is 24.4 Å². The Labute approximate surface area is 163 Å². The normalized spacial score (nSPS) is 13.1. The van der Waals surface area contributed by atoms with Crippen molar-refractivity contribution in [3.05, 3.63) is 66.7 Å². The maximum Gasteiger partial charge on any atom is 0.227 e. The molecule has 0 spiro atoms. The fourth-order valence-corrected chi connectivity index (χ4v) is 2.87. The summed E-state index contributed by atoms with van der Waals surface area (Å²) < 4.78 is 5.72. The fraction of sp³-hybridized carbons (Fsp3) is 0.227. The van der Waals surface area contributed by atoms with Gasteiger partial charge < -0.3 is 15.1 Å². The summed E-state index contributed by atoms with van der Waals surface area (Å²) in [6.45, 7) is 0. The van der Waals surface area contributed by atoms with Gasteiger partial charge in [-0.05, 0) is 31.0 Å². The molecule has 2 amide bonds. The van der Waals surface area contributed by atoms with E-state index in [1.807, 2.05) is 36.4 Å². The molecule has 0 saturated heterocycles. The highest BCUT2D eigenvalue weighted by Crippen LogP contribution is 2.30. The van der Waals surface area contributed by atoms with Crippen molar-refractivity contribution in [1.29, 1.82) is 0 Å². The van der Waals surface area contributed by atoms with Crippen molar-refractivity contribution in [2.75, 3.05) is 10.6 Å². The summed E-state index contributed by atoms with van der Waals surface area (Å²) in [7, 11) is 0. The highest BCUT2D eigenvalue weighted by molar-refractivity contribution is 5.95. The summed E-state index contributed by atoms with van der Waals surface area (Å²) in [5, 5.41) is 5.73. The largest absolute Gasteiger partial charge is 0.441 e. The summed E-state index contributed by atoms with van der Waals surface area (Å²) in [6, 6.07) is 16.9. The van der Waals surface area contributed by atoms with E-state index in [-0.39, 0.29) is 24.2 Å². The predicted octanol–water partition coefficient (Wildman–Crippen LogP) is 4.26. The SMILES string of the molecule is O=C(CCc1ncc(-c2ccccc2)o1)Nc1cccc(NC(=O)C2CC2)c1. The number of nitrogens with zero attached hydrogens (tertiary/aromatic N) is 1. The van der Waals surface area contributed by atoms with Gasteiger partial charge in [0.1, 0.15) is 0 Å². The number of hydrogen-bond donors (Lipinski definition) is 2. The first-order chi connectivity index (χ1) is 13.7. The molecule has 4 rings (SSSR count). The molecular formula is C22H21N3O3. The molecule has 2 N–H and O–H groups in total. The smallest absolute Gasteiger partial charge is 0.227 e. The minimum atomic E-state index is -0.134. The highest BCUT2D eigenvalue weighted by Gasteiger charge is 2.29. The van der Waals surface area contributed by atoms with Crippen LogP contribution in [0.2, 0.25) is 0 Å². The third-order valence-corrected chi connectivity index (χ3v) is 4.54. The summed E-state index contributed by atoms with van der Waals surface area (Å²) in [4.78, 5) is 28.3. The minimum absolute atomic E-state index is 0.0431. The van der Waals surface area contributed by atoms with Crippen LogP contribution in [0.4, 0.5) is 11.4 Å². The van der Waals surface area contributed by atoms with Gasteiger partial charge in [0.25, 0.3) is 0 Å². The van der Waals surface area contributed by atoms with Crippen LogP contribution in [0.3, 0.4) is 0 Å². The Morgan fingerprint density at radius 3 is 2.50 bits per heavy atom. The molecule has 1 fully saturated rings. The summed E-state index contributed by atoms with van der Waals surface area (Å²) in [6.07, 6.45) is 4.25. The van der Waals surface area contributed by atoms with E-state index in [2.05, 4.69) is 15.6 Å². The second-order valence-electron chi connectivity index (χ2n) is 6.88. The molecule has 3 aromatic rings. The summed E-state index contributed by atoms with van der Waals surface area (Å²) in [5.74, 6) is 1.26. The van der Waals surface area contributed by atoms with Gasteiger partial charge >= 0.3 is 0 Å². The minimum Gasteiger partial charge on any atom is -0.441 e. The van der Waals surface area contributed by atoms with Crippen LogP contribution >= 0.6 is 0 Å². The van der Waals surface area contributed by atoms with Crippen molar-refractivity contribution in [2.24, 2.45) is 5.92 Å². The van der Waals surface area contributed by atoms with Crippen LogP contribution in [0.15, 0.2) is 65.2 Å². The van der Waals surface area contributed by atoms with E-state index < -0.39 is 0 Å². The number of oxazole rings is 1. The monoisotopic (exact) mass is 375 g/mol. The van der Waals surface area contributed by atoms with E-state index >= 15 is 0 Å². The van der Waals surface area contributed by atoms with Gasteiger partial charge in [0.05, 0.1) is 6.20 Å². The highest BCUT2D eigenvalue weighted by atomic mass is 16.4. The summed E-state index contributed by atoms with van der Waals surface area (Å²) in [5.41, 5.74) is 2.29. The van der Waals surface area contributed by atoms with Crippen molar-refractivity contribution in [1.82, 2.24) is 4.98 Å². The van der Waals surface area contributed by atoms with Crippen LogP contribution in [0.25, 0.3) is 11.3 Å². The zero-order valence-corrected chi connectivity index (χ0v) is 15.4. The van der Waals surface area contributed by atoms with Gasteiger partial charge in [-0.25, -0.2) is 4.98 Å². The van der Waals surface area contributed by atoms with Gasteiger partial charge in [0.2, 0.25) is 11.8 Å². The number of nitrogens with one attached hydrogen (secondary N) is 2. The maximum absolute atomic E-state index is 12.2. The zero-order chi connectivity index (χ0) is 19.3. The molecule has 1 aliphatic rings. The molecule has 0 aliphatic heterocycles. The number of hydrogen-bond acceptors (Lipinski definition) is 4. The molecule has 2 aromatic carbocycles. The van der Waals surface area contributed by atoms with Crippen LogP contribution in [0, 0.1) is 5.92 Å². The van der Waals surface area contributed by atoms with Gasteiger partial charge in [-0.2, -0.15) is 0 Å². The lowest BCUT2D eigenvalue weighted by atomic mass is 10.2. The third kappa shape index (κ3) is 4.65. The molecule has 28 heavy (non-hydrogen) atoms. The molecule has 6 heteroatoms. The Morgan fingerprint density at radius 2 is 1.75 bits per heavy atom. The van der Waals surface area contributed by atoms with Crippen molar-refractivity contribution in [3.8, 4) is 11.3 Å². The summed E-state index contributed by atoms with van der Waals surface area (Å²) >= 11 is 0. The Hall–Kier alpha value is -3.41. The second-order valence-corrected chi connectivity index (χ2v) is 6.88. The fourth-order valence-electron chi connectivity index (χ4n) is 2.87. The second kappa shape index (κ2) is 8.08. The Bertz CT molecular complexity index is 977. The van der Waals surface area contributed by atoms with Crippen molar-refractivity contribution in [2.45, 2.75) is 25.7 Å². The quantitative estimate of drug-likeness (QED) is 0.646. The molecule has 1 saturated carbocycles. The zero-order valence-electron chi connectivity index (χ0n) is 15.4. The molecular weight excluding hydrogens is 354 g/mol. The molecule has 1 aliphatic carbocycles. The van der Waals surface area contributed by atoms with E-state index in [0.29, 0.717) is 29.4 Å². The third-order valence-electron chi connectivity index (χ3n) is 4.54. The number of anilines is 2. The van der Waals surface area contributed by atoms with E-state index in [0.717, 1.165) is 18.4 Å². The van der Waals surface area contributed by atoms with Crippen molar-refractivity contribution in [3.63, 3.8) is 0 Å². The van der Waals surface area contributed by atoms with Crippen LogP contribution < -0.4 is 10.6 Å². The molecule has 142 valence electrons. The molecule has 6 nitrogen and oxygen atoms in total. The molecule has 0 radical (unpaired) electrons. The van der Waals surface area contributed by atoms with Gasteiger partial charge in [-0.15, -0.1) is 0 Å². The number of amides is 2. The van der Waals surface area contributed by atoms with Crippen LogP contribution in [0.1, 0.15) is 25.2 Å². The lowest BCUT2D eigenvalue weighted by Gasteiger charge is -2.08. The molecule has 1 heterocycles. The molecule has 0 bridgehead atoms. The Kier molecular flexibility index (Phi) is 5.19. The topological polar surface area (TPSA) is 84.2 Å². The number of carbonyl (C=O) groups excluding carboxylic acids is 2. The van der Waals surface area contributed by atoms with Crippen molar-refractivity contribution < 1.29 is 14.0 Å². The maximum atomic E-state index is 12.2. The number of benzene rings is 2. The predicted molar refractivity (Wildman–Crippen MR) is 107 cm³/mol. The Balaban J connectivity index is 1.30. The standard InChI is InChI=1S/C22H21N3O3/c26-20(11-12-21-23-14-19(28-21)15-5-2-1-3-6-15)24-17-7-4-8-18(13-17)25-22(27)16-9-10-16/h1-8,13-14,16H,9-12H2,(H,24,26)(H,25,27). The van der Waals surface area contributed by atoms with E-state index in [1.165, 1.54) is 0 Å². The lowest BCUT2D eigenvalue weighted by Crippen LogP contribution is -2.15. The van der Waals surface area contributed by atoms with Crippen LogP contribution in [-0.4, -0.2) is 16.8 Å². The van der Waals surface area contributed by atoms with Crippen molar-refractivity contribution >= 4 is 23.2 Å². The molecule has 0 atom stereocenters. The van der Waals surface area contributed by atoms with Gasteiger partial charge in [-0.1, -0.05) is 36.4 Å².